The molecule has 0 radical (unpaired) electrons. The molecule has 3 heteroatoms. The first kappa shape index (κ1) is 15.4. The van der Waals surface area contributed by atoms with Crippen molar-refractivity contribution in [1.82, 2.24) is 4.98 Å². The monoisotopic (exact) mass is 399 g/mol. The van der Waals surface area contributed by atoms with Crippen LogP contribution in [0.4, 0.5) is 0 Å². The number of nitrogens with zero attached hydrogens (tertiary/aromatic N) is 1. The van der Waals surface area contributed by atoms with Gasteiger partial charge in [0.1, 0.15) is 11.2 Å². The lowest BCUT2D eigenvalue weighted by Gasteiger charge is -2.09. The molecule has 124 valence electrons. The van der Waals surface area contributed by atoms with Gasteiger partial charge in [0.15, 0.2) is 0 Å². The molecular weight excluding hydrogens is 386 g/mol. The molecule has 0 fully saturated rings. The van der Waals surface area contributed by atoms with Crippen LogP contribution >= 0.6 is 15.9 Å². The molecule has 0 atom stereocenters. The highest BCUT2D eigenvalue weighted by Gasteiger charge is 2.12. The van der Waals surface area contributed by atoms with Gasteiger partial charge in [0.25, 0.3) is 0 Å². The van der Waals surface area contributed by atoms with Crippen molar-refractivity contribution in [3.63, 3.8) is 0 Å². The fraction of sp³-hybridized carbons (Fsp3) is 0. The Balaban J connectivity index is 1.74. The summed E-state index contributed by atoms with van der Waals surface area (Å²) < 4.78 is 7.11. The predicted molar refractivity (Wildman–Crippen MR) is 110 cm³/mol. The van der Waals surface area contributed by atoms with Crippen LogP contribution in [0.2, 0.25) is 0 Å². The maximum absolute atomic E-state index is 6.13. The number of pyridine rings is 1. The molecule has 2 heterocycles. The summed E-state index contributed by atoms with van der Waals surface area (Å²) >= 11 is 3.58. The van der Waals surface area contributed by atoms with E-state index < -0.39 is 0 Å². The Bertz CT molecular complexity index is 1240. The van der Waals surface area contributed by atoms with Crippen molar-refractivity contribution < 1.29 is 4.42 Å². The second-order valence-corrected chi connectivity index (χ2v) is 7.07. The van der Waals surface area contributed by atoms with Crippen LogP contribution in [0.25, 0.3) is 44.2 Å². The summed E-state index contributed by atoms with van der Waals surface area (Å²) in [6.07, 6.45) is 3.69. The molecule has 0 aliphatic heterocycles. The summed E-state index contributed by atoms with van der Waals surface area (Å²) in [6.45, 7) is 0. The number of aromatic nitrogens is 1. The van der Waals surface area contributed by atoms with Crippen molar-refractivity contribution in [2.24, 2.45) is 0 Å². The summed E-state index contributed by atoms with van der Waals surface area (Å²) in [6, 6.07) is 25.0. The molecule has 3 aromatic carbocycles. The van der Waals surface area contributed by atoms with E-state index in [1.54, 1.807) is 6.20 Å². The Morgan fingerprint density at radius 2 is 1.58 bits per heavy atom. The fourth-order valence-corrected chi connectivity index (χ4v) is 3.89. The first-order valence-corrected chi connectivity index (χ1v) is 9.21. The van der Waals surface area contributed by atoms with Gasteiger partial charge in [-0.15, -0.1) is 0 Å². The molecule has 0 saturated carbocycles. The van der Waals surface area contributed by atoms with Gasteiger partial charge in [-0.25, -0.2) is 0 Å². The highest BCUT2D eigenvalue weighted by Crippen LogP contribution is 2.37. The Morgan fingerprint density at radius 3 is 2.38 bits per heavy atom. The molecular formula is C23H14BrNO. The fourth-order valence-electron chi connectivity index (χ4n) is 3.44. The lowest BCUT2D eigenvalue weighted by atomic mass is 9.95. The second-order valence-electron chi connectivity index (χ2n) is 6.22. The van der Waals surface area contributed by atoms with Gasteiger partial charge in [-0.1, -0.05) is 48.5 Å². The van der Waals surface area contributed by atoms with E-state index in [2.05, 4.69) is 75.5 Å². The van der Waals surface area contributed by atoms with E-state index in [0.717, 1.165) is 43.1 Å². The zero-order valence-electron chi connectivity index (χ0n) is 13.8. The predicted octanol–water partition coefficient (Wildman–Crippen LogP) is 7.08. The Hall–Kier alpha value is -2.91. The summed E-state index contributed by atoms with van der Waals surface area (Å²) in [5.74, 6) is 0. The maximum atomic E-state index is 6.13. The van der Waals surface area contributed by atoms with Crippen LogP contribution in [-0.2, 0) is 0 Å². The first-order valence-electron chi connectivity index (χ1n) is 8.42. The molecule has 5 aromatic rings. The standard InChI is InChI=1S/C23H14BrNO/c24-21-9-3-8-20-19-11-10-15(13-22(19)26-23(20)21)17-6-1-2-7-18(17)16-5-4-12-25-14-16/h1-14H. The molecule has 5 rings (SSSR count). The molecule has 0 aliphatic carbocycles. The number of fused-ring (bicyclic) bond motifs is 3. The second kappa shape index (κ2) is 6.11. The highest BCUT2D eigenvalue weighted by molar-refractivity contribution is 9.10. The average molecular weight is 400 g/mol. The topological polar surface area (TPSA) is 26.0 Å². The minimum absolute atomic E-state index is 0.889. The van der Waals surface area contributed by atoms with Gasteiger partial charge in [0.05, 0.1) is 4.47 Å². The van der Waals surface area contributed by atoms with Crippen LogP contribution in [0.5, 0.6) is 0 Å². The summed E-state index contributed by atoms with van der Waals surface area (Å²) in [7, 11) is 0. The maximum Gasteiger partial charge on any atom is 0.149 e. The lowest BCUT2D eigenvalue weighted by molar-refractivity contribution is 0.667. The van der Waals surface area contributed by atoms with Crippen molar-refractivity contribution in [3.05, 3.63) is 89.7 Å². The van der Waals surface area contributed by atoms with Crippen molar-refractivity contribution in [2.75, 3.05) is 0 Å². The van der Waals surface area contributed by atoms with Crippen LogP contribution in [0.3, 0.4) is 0 Å². The molecule has 0 saturated heterocycles. The lowest BCUT2D eigenvalue weighted by Crippen LogP contribution is -1.85. The molecule has 0 unspecified atom stereocenters. The quantitative estimate of drug-likeness (QED) is 0.317. The van der Waals surface area contributed by atoms with Crippen LogP contribution < -0.4 is 0 Å². The van der Waals surface area contributed by atoms with E-state index in [1.165, 1.54) is 5.56 Å². The zero-order chi connectivity index (χ0) is 17.5. The van der Waals surface area contributed by atoms with Gasteiger partial charge < -0.3 is 4.42 Å². The third kappa shape index (κ3) is 2.44. The largest absolute Gasteiger partial charge is 0.455 e. The molecule has 0 aliphatic rings. The van der Waals surface area contributed by atoms with Gasteiger partial charge >= 0.3 is 0 Å². The number of furan rings is 1. The minimum Gasteiger partial charge on any atom is -0.455 e. The van der Waals surface area contributed by atoms with Crippen LogP contribution in [0.15, 0.2) is 94.1 Å². The first-order chi connectivity index (χ1) is 12.8. The molecule has 2 nitrogen and oxygen atoms in total. The summed E-state index contributed by atoms with van der Waals surface area (Å²) in [4.78, 5) is 4.26. The van der Waals surface area contributed by atoms with E-state index in [1.807, 2.05) is 24.4 Å². The van der Waals surface area contributed by atoms with E-state index in [9.17, 15) is 0 Å². The number of hydrogen-bond donors (Lipinski definition) is 0. The Labute approximate surface area is 159 Å². The van der Waals surface area contributed by atoms with Crippen molar-refractivity contribution in [3.8, 4) is 22.3 Å². The molecule has 0 amide bonds. The number of rotatable bonds is 2. The number of halogens is 1. The van der Waals surface area contributed by atoms with Crippen LogP contribution in [-0.4, -0.2) is 4.98 Å². The van der Waals surface area contributed by atoms with Crippen LogP contribution in [0.1, 0.15) is 0 Å². The SMILES string of the molecule is Brc1cccc2c1oc1cc(-c3ccccc3-c3cccnc3)ccc12. The van der Waals surface area contributed by atoms with E-state index in [-0.39, 0.29) is 0 Å². The van der Waals surface area contributed by atoms with Crippen molar-refractivity contribution in [2.45, 2.75) is 0 Å². The molecule has 2 aromatic heterocycles. The van der Waals surface area contributed by atoms with E-state index in [0.29, 0.717) is 0 Å². The van der Waals surface area contributed by atoms with Gasteiger partial charge in [-0.3, -0.25) is 4.98 Å². The molecule has 26 heavy (non-hydrogen) atoms. The molecule has 0 bridgehead atoms. The Kier molecular flexibility index (Phi) is 3.61. The zero-order valence-corrected chi connectivity index (χ0v) is 15.4. The van der Waals surface area contributed by atoms with E-state index in [4.69, 9.17) is 4.42 Å². The molecule has 0 N–H and O–H groups in total. The Morgan fingerprint density at radius 1 is 0.731 bits per heavy atom. The van der Waals surface area contributed by atoms with Gasteiger partial charge in [-0.2, -0.15) is 0 Å². The molecule has 0 spiro atoms. The third-order valence-corrected chi connectivity index (χ3v) is 5.29. The smallest absolute Gasteiger partial charge is 0.149 e. The van der Waals surface area contributed by atoms with Gasteiger partial charge in [-0.05, 0) is 56.9 Å². The van der Waals surface area contributed by atoms with Crippen molar-refractivity contribution in [1.29, 1.82) is 0 Å². The summed E-state index contributed by atoms with van der Waals surface area (Å²) in [5.41, 5.74) is 6.35. The number of para-hydroxylation sites is 1. The van der Waals surface area contributed by atoms with Gasteiger partial charge in [0, 0.05) is 28.7 Å². The van der Waals surface area contributed by atoms with Crippen LogP contribution in [0, 0.1) is 0 Å². The number of benzene rings is 3. The number of hydrogen-bond acceptors (Lipinski definition) is 2. The average Bonchev–Trinajstić information content (AvgIpc) is 3.08. The minimum atomic E-state index is 0.889. The summed E-state index contributed by atoms with van der Waals surface area (Å²) in [5, 5.41) is 2.25. The normalized spacial score (nSPS) is 11.3. The highest BCUT2D eigenvalue weighted by atomic mass is 79.9. The van der Waals surface area contributed by atoms with Gasteiger partial charge in [0.2, 0.25) is 0 Å². The van der Waals surface area contributed by atoms with Crippen molar-refractivity contribution >= 4 is 37.9 Å². The van der Waals surface area contributed by atoms with E-state index >= 15 is 0 Å². The third-order valence-electron chi connectivity index (χ3n) is 4.66.